The van der Waals surface area contributed by atoms with E-state index >= 15 is 0 Å². The van der Waals surface area contributed by atoms with Crippen LogP contribution in [-0.4, -0.2) is 68.1 Å². The molecule has 2 aromatic rings. The van der Waals surface area contributed by atoms with Gasteiger partial charge in [-0.1, -0.05) is 53.3 Å². The molecule has 0 saturated carbocycles. The fourth-order valence-electron chi connectivity index (χ4n) is 3.48. The molecule has 0 atom stereocenters. The monoisotopic (exact) mass is 445 g/mol. The van der Waals surface area contributed by atoms with E-state index < -0.39 is 0 Å². The zero-order chi connectivity index (χ0) is 22.8. The Morgan fingerprint density at radius 3 is 2.16 bits per heavy atom. The van der Waals surface area contributed by atoms with Gasteiger partial charge in [0, 0.05) is 55.9 Å². The number of aromatic nitrogens is 5. The predicted octanol–water partition coefficient (Wildman–Crippen LogP) is 3.81. The number of hydrogen-bond donors (Lipinski definition) is 0. The van der Waals surface area contributed by atoms with E-state index in [4.69, 9.17) is 9.97 Å². The number of piperazine rings is 1. The molecule has 0 unspecified atom stereocenters. The Morgan fingerprint density at radius 2 is 1.61 bits per heavy atom. The van der Waals surface area contributed by atoms with Crippen LogP contribution in [0.2, 0.25) is 0 Å². The first-order valence-corrected chi connectivity index (χ1v) is 12.3. The topological polar surface area (TPSA) is 63.0 Å². The molecule has 0 amide bonds. The van der Waals surface area contributed by atoms with Gasteiger partial charge in [-0.3, -0.25) is 4.90 Å². The molecule has 7 nitrogen and oxygen atoms in total. The van der Waals surface area contributed by atoms with Gasteiger partial charge in [-0.15, -0.1) is 10.2 Å². The lowest BCUT2D eigenvalue weighted by Crippen LogP contribution is -2.47. The van der Waals surface area contributed by atoms with Crippen molar-refractivity contribution in [2.45, 2.75) is 70.9 Å². The van der Waals surface area contributed by atoms with Crippen molar-refractivity contribution in [3.8, 4) is 0 Å². The maximum absolute atomic E-state index is 4.96. The van der Waals surface area contributed by atoms with Crippen LogP contribution in [-0.2, 0) is 17.9 Å². The van der Waals surface area contributed by atoms with Crippen LogP contribution in [0, 0.1) is 6.92 Å². The summed E-state index contributed by atoms with van der Waals surface area (Å²) in [6.45, 7) is 20.5. The lowest BCUT2D eigenvalue weighted by atomic mass is 9.90. The molecule has 1 aliphatic rings. The third-order valence-corrected chi connectivity index (χ3v) is 6.86. The van der Waals surface area contributed by atoms with Gasteiger partial charge in [-0.2, -0.15) is 0 Å². The molecular weight excluding hydrogens is 406 g/mol. The third kappa shape index (κ3) is 6.19. The number of anilines is 1. The van der Waals surface area contributed by atoms with Crippen molar-refractivity contribution in [1.29, 1.82) is 0 Å². The quantitative estimate of drug-likeness (QED) is 0.495. The summed E-state index contributed by atoms with van der Waals surface area (Å²) in [5.74, 6) is 4.06. The molecule has 0 bridgehead atoms. The number of thioether (sulfide) groups is 1. The smallest absolute Gasteiger partial charge is 0.190 e. The lowest BCUT2D eigenvalue weighted by Gasteiger charge is -2.36. The highest BCUT2D eigenvalue weighted by molar-refractivity contribution is 7.99. The van der Waals surface area contributed by atoms with Crippen molar-refractivity contribution in [2.75, 3.05) is 43.4 Å². The lowest BCUT2D eigenvalue weighted by molar-refractivity contribution is 0.258. The number of aryl methyl sites for hydroxylation is 1. The highest BCUT2D eigenvalue weighted by atomic mass is 32.2. The van der Waals surface area contributed by atoms with E-state index in [-0.39, 0.29) is 10.8 Å². The van der Waals surface area contributed by atoms with Gasteiger partial charge in [0.05, 0.1) is 5.69 Å². The van der Waals surface area contributed by atoms with Crippen molar-refractivity contribution in [1.82, 2.24) is 29.6 Å². The molecule has 1 fully saturated rings. The molecule has 0 spiro atoms. The summed E-state index contributed by atoms with van der Waals surface area (Å²) < 4.78 is 2.06. The second-order valence-electron chi connectivity index (χ2n) is 10.6. The van der Waals surface area contributed by atoms with E-state index in [9.17, 15) is 0 Å². The summed E-state index contributed by atoms with van der Waals surface area (Å²) in [6, 6.07) is 2.20. The van der Waals surface area contributed by atoms with Crippen LogP contribution >= 0.6 is 11.8 Å². The van der Waals surface area contributed by atoms with Crippen molar-refractivity contribution >= 4 is 17.6 Å². The van der Waals surface area contributed by atoms with Gasteiger partial charge in [0.25, 0.3) is 0 Å². The molecule has 1 aliphatic heterocycles. The zero-order valence-electron chi connectivity index (χ0n) is 20.6. The molecule has 0 aliphatic carbocycles. The average molecular weight is 446 g/mol. The van der Waals surface area contributed by atoms with Crippen LogP contribution in [0.15, 0.2) is 11.2 Å². The minimum Gasteiger partial charge on any atom is -0.354 e. The first-order chi connectivity index (χ1) is 14.4. The SMILES string of the molecule is Cc1nnc(SCCCN2CCN(c3cc(C(C)(C)C)nc(C(C)(C)C)n3)CC2)n1C. The fraction of sp³-hybridized carbons (Fsp3) is 0.739. The highest BCUT2D eigenvalue weighted by Crippen LogP contribution is 2.28. The van der Waals surface area contributed by atoms with Crippen molar-refractivity contribution in [2.24, 2.45) is 7.05 Å². The predicted molar refractivity (Wildman–Crippen MR) is 129 cm³/mol. The standard InChI is InChI=1S/C23H39N7S/c1-17-26-27-21(28(17)8)31-15-9-10-29-11-13-30(14-12-29)19-16-18(22(2,3)4)24-20(25-19)23(5,6)7/h16H,9-15H2,1-8H3. The summed E-state index contributed by atoms with van der Waals surface area (Å²) in [7, 11) is 2.03. The summed E-state index contributed by atoms with van der Waals surface area (Å²) >= 11 is 1.80. The summed E-state index contributed by atoms with van der Waals surface area (Å²) in [6.07, 6.45) is 1.16. The molecule has 8 heteroatoms. The van der Waals surface area contributed by atoms with Crippen molar-refractivity contribution in [3.63, 3.8) is 0 Å². The number of rotatable bonds is 6. The van der Waals surface area contributed by atoms with Crippen LogP contribution < -0.4 is 4.90 Å². The van der Waals surface area contributed by atoms with Crippen molar-refractivity contribution in [3.05, 3.63) is 23.4 Å². The molecule has 0 N–H and O–H groups in total. The Labute approximate surface area is 192 Å². The Morgan fingerprint density at radius 1 is 0.935 bits per heavy atom. The van der Waals surface area contributed by atoms with E-state index in [1.165, 1.54) is 0 Å². The van der Waals surface area contributed by atoms with Gasteiger partial charge in [0.2, 0.25) is 0 Å². The zero-order valence-corrected chi connectivity index (χ0v) is 21.4. The van der Waals surface area contributed by atoms with E-state index in [1.807, 2.05) is 14.0 Å². The second-order valence-corrected chi connectivity index (χ2v) is 11.6. The van der Waals surface area contributed by atoms with Gasteiger partial charge in [0.1, 0.15) is 17.5 Å². The molecule has 3 heterocycles. The number of nitrogens with zero attached hydrogens (tertiary/aromatic N) is 7. The first kappa shape index (κ1) is 24.0. The molecule has 172 valence electrons. The summed E-state index contributed by atoms with van der Waals surface area (Å²) in [5.41, 5.74) is 1.08. The Bertz CT molecular complexity index is 839. The van der Waals surface area contributed by atoms with Gasteiger partial charge in [0.15, 0.2) is 5.16 Å². The van der Waals surface area contributed by atoms with E-state index in [1.54, 1.807) is 11.8 Å². The maximum atomic E-state index is 4.96. The van der Waals surface area contributed by atoms with Crippen LogP contribution in [0.1, 0.15) is 65.3 Å². The number of hydrogen-bond acceptors (Lipinski definition) is 7. The van der Waals surface area contributed by atoms with Crippen LogP contribution in [0.25, 0.3) is 0 Å². The molecule has 31 heavy (non-hydrogen) atoms. The average Bonchev–Trinajstić information content (AvgIpc) is 3.02. The maximum Gasteiger partial charge on any atom is 0.190 e. The fourth-order valence-corrected chi connectivity index (χ4v) is 4.36. The Balaban J connectivity index is 1.55. The molecule has 0 aromatic carbocycles. The largest absolute Gasteiger partial charge is 0.354 e. The van der Waals surface area contributed by atoms with Crippen LogP contribution in [0.3, 0.4) is 0 Å². The van der Waals surface area contributed by atoms with Crippen LogP contribution in [0.4, 0.5) is 5.82 Å². The van der Waals surface area contributed by atoms with Gasteiger partial charge < -0.3 is 9.47 Å². The molecule has 3 rings (SSSR count). The Hall–Kier alpha value is -1.67. The highest BCUT2D eigenvalue weighted by Gasteiger charge is 2.26. The van der Waals surface area contributed by atoms with Crippen LogP contribution in [0.5, 0.6) is 0 Å². The molecule has 2 aromatic heterocycles. The first-order valence-electron chi connectivity index (χ1n) is 11.3. The van der Waals surface area contributed by atoms with E-state index in [2.05, 4.69) is 72.2 Å². The molecule has 0 radical (unpaired) electrons. The minimum atomic E-state index is -0.0588. The molecular formula is C23H39N7S. The Kier molecular flexibility index (Phi) is 7.31. The third-order valence-electron chi connectivity index (χ3n) is 5.75. The minimum absolute atomic E-state index is 0.0123. The van der Waals surface area contributed by atoms with E-state index in [0.29, 0.717) is 0 Å². The van der Waals surface area contributed by atoms with Crippen molar-refractivity contribution < 1.29 is 0 Å². The van der Waals surface area contributed by atoms with Gasteiger partial charge in [-0.05, 0) is 19.9 Å². The van der Waals surface area contributed by atoms with Gasteiger partial charge >= 0.3 is 0 Å². The summed E-state index contributed by atoms with van der Waals surface area (Å²) in [5, 5.41) is 9.37. The van der Waals surface area contributed by atoms with Gasteiger partial charge in [-0.25, -0.2) is 9.97 Å². The second kappa shape index (κ2) is 9.45. The summed E-state index contributed by atoms with van der Waals surface area (Å²) in [4.78, 5) is 14.9. The normalized spacial score (nSPS) is 16.2. The molecule has 1 saturated heterocycles. The van der Waals surface area contributed by atoms with E-state index in [0.717, 1.165) is 73.2 Å².